The van der Waals surface area contributed by atoms with E-state index in [1.807, 2.05) is 26.0 Å². The van der Waals surface area contributed by atoms with E-state index in [-0.39, 0.29) is 23.9 Å². The van der Waals surface area contributed by atoms with Gasteiger partial charge < -0.3 is 5.32 Å². The third kappa shape index (κ3) is 2.54. The lowest BCUT2D eigenvalue weighted by molar-refractivity contribution is -0.129. The van der Waals surface area contributed by atoms with Crippen LogP contribution < -0.4 is 5.32 Å². The number of hydrogen-bond donors (Lipinski definition) is 1. The van der Waals surface area contributed by atoms with Crippen molar-refractivity contribution in [3.05, 3.63) is 47.3 Å². The summed E-state index contributed by atoms with van der Waals surface area (Å²) in [7, 11) is 0. The molecular formula is C19H19N5O2. The van der Waals surface area contributed by atoms with Gasteiger partial charge in [-0.15, -0.1) is 0 Å². The summed E-state index contributed by atoms with van der Waals surface area (Å²) in [5.41, 5.74) is 3.09. The van der Waals surface area contributed by atoms with Crippen molar-refractivity contribution in [1.29, 1.82) is 5.26 Å². The van der Waals surface area contributed by atoms with Gasteiger partial charge in [0.05, 0.1) is 29.6 Å². The zero-order valence-electron chi connectivity index (χ0n) is 14.6. The summed E-state index contributed by atoms with van der Waals surface area (Å²) < 4.78 is 1.75. The molecule has 1 saturated heterocycles. The number of rotatable bonds is 4. The molecule has 2 aromatic rings. The van der Waals surface area contributed by atoms with Gasteiger partial charge in [-0.05, 0) is 56.9 Å². The summed E-state index contributed by atoms with van der Waals surface area (Å²) in [4.78, 5) is 26.3. The van der Waals surface area contributed by atoms with E-state index in [2.05, 4.69) is 16.5 Å². The van der Waals surface area contributed by atoms with Gasteiger partial charge in [0.25, 0.3) is 5.91 Å². The molecule has 2 fully saturated rings. The lowest BCUT2D eigenvalue weighted by atomic mass is 10.1. The van der Waals surface area contributed by atoms with Crippen LogP contribution in [0, 0.1) is 24.2 Å². The first-order valence-electron chi connectivity index (χ1n) is 8.70. The van der Waals surface area contributed by atoms with Crippen LogP contribution in [0.5, 0.6) is 0 Å². The van der Waals surface area contributed by atoms with Crippen LogP contribution in [0.25, 0.3) is 5.69 Å². The quantitative estimate of drug-likeness (QED) is 0.858. The van der Waals surface area contributed by atoms with Crippen LogP contribution in [-0.2, 0) is 4.79 Å². The fraction of sp³-hybridized carbons (Fsp3) is 0.368. The Balaban J connectivity index is 1.62. The van der Waals surface area contributed by atoms with Crippen LogP contribution in [0.15, 0.2) is 30.5 Å². The number of amides is 3. The molecule has 2 aliphatic rings. The number of urea groups is 1. The summed E-state index contributed by atoms with van der Waals surface area (Å²) in [5.74, 6) is 0.140. The van der Waals surface area contributed by atoms with Gasteiger partial charge in [-0.1, -0.05) is 0 Å². The summed E-state index contributed by atoms with van der Waals surface area (Å²) >= 11 is 0. The van der Waals surface area contributed by atoms with Gasteiger partial charge in [-0.25, -0.2) is 9.48 Å². The largest absolute Gasteiger partial charge is 0.325 e. The van der Waals surface area contributed by atoms with Crippen LogP contribution >= 0.6 is 0 Å². The van der Waals surface area contributed by atoms with E-state index in [1.54, 1.807) is 23.0 Å². The number of carbonyl (C=O) groups excluding carboxylic acids is 2. The van der Waals surface area contributed by atoms with Gasteiger partial charge >= 0.3 is 6.03 Å². The predicted octanol–water partition coefficient (Wildman–Crippen LogP) is 2.44. The minimum Gasteiger partial charge on any atom is -0.325 e. The molecule has 0 unspecified atom stereocenters. The highest BCUT2D eigenvalue weighted by Crippen LogP contribution is 2.37. The van der Waals surface area contributed by atoms with Gasteiger partial charge in [-0.2, -0.15) is 10.4 Å². The second-order valence-electron chi connectivity index (χ2n) is 6.90. The summed E-state index contributed by atoms with van der Waals surface area (Å²) in [6.07, 6.45) is 3.69. The summed E-state index contributed by atoms with van der Waals surface area (Å²) in [6.45, 7) is 3.76. The van der Waals surface area contributed by atoms with Crippen LogP contribution in [0.1, 0.15) is 42.6 Å². The highest BCUT2D eigenvalue weighted by atomic mass is 16.2. The molecule has 0 radical (unpaired) electrons. The van der Waals surface area contributed by atoms with E-state index in [0.717, 1.165) is 29.8 Å². The maximum Gasteiger partial charge on any atom is 0.325 e. The summed E-state index contributed by atoms with van der Waals surface area (Å²) in [6, 6.07) is 8.11. The second-order valence-corrected chi connectivity index (χ2v) is 6.90. The highest BCUT2D eigenvalue weighted by Gasteiger charge is 2.48. The maximum atomic E-state index is 12.7. The molecule has 1 aliphatic heterocycles. The van der Waals surface area contributed by atoms with Crippen LogP contribution in [0.3, 0.4) is 0 Å². The third-order valence-electron chi connectivity index (χ3n) is 5.22. The van der Waals surface area contributed by atoms with E-state index < -0.39 is 6.04 Å². The van der Waals surface area contributed by atoms with E-state index in [9.17, 15) is 9.59 Å². The van der Waals surface area contributed by atoms with Gasteiger partial charge in [0.15, 0.2) is 0 Å². The second kappa shape index (κ2) is 5.99. The number of benzene rings is 1. The molecule has 2 heterocycles. The number of imide groups is 1. The maximum absolute atomic E-state index is 12.7. The minimum absolute atomic E-state index is 0.143. The number of hydrogen-bond acceptors (Lipinski definition) is 4. The molecule has 7 heteroatoms. The molecule has 0 spiro atoms. The SMILES string of the molecule is Cc1c([C@H](C)N2C(=O)N[C@H](C3CC3)C2=O)cnn1-c1ccc(C#N)cc1. The van der Waals surface area contributed by atoms with E-state index >= 15 is 0 Å². The lowest BCUT2D eigenvalue weighted by Gasteiger charge is -2.21. The molecule has 1 N–H and O–H groups in total. The first kappa shape index (κ1) is 16.3. The fourth-order valence-corrected chi connectivity index (χ4v) is 3.54. The molecule has 132 valence electrons. The Bertz CT molecular complexity index is 920. The Morgan fingerprint density at radius 3 is 2.58 bits per heavy atom. The van der Waals surface area contributed by atoms with Gasteiger partial charge in [0.2, 0.25) is 0 Å². The number of nitrogens with zero attached hydrogens (tertiary/aromatic N) is 4. The molecule has 1 saturated carbocycles. The molecule has 3 amide bonds. The molecule has 1 aliphatic carbocycles. The van der Waals surface area contributed by atoms with Crippen molar-refractivity contribution in [1.82, 2.24) is 20.0 Å². The number of nitrogens with one attached hydrogen (secondary N) is 1. The first-order chi connectivity index (χ1) is 12.5. The number of carbonyl (C=O) groups is 2. The molecular weight excluding hydrogens is 330 g/mol. The standard InChI is InChI=1S/C19H19N5O2/c1-11(23-18(25)17(14-5-6-14)22-19(23)26)16-10-21-24(12(16)2)15-7-3-13(9-20)4-8-15/h3-4,7-8,10-11,14,17H,5-6H2,1-2H3,(H,22,26)/t11-,17+/m0/s1. The molecule has 4 rings (SSSR count). The van der Waals surface area contributed by atoms with E-state index in [4.69, 9.17) is 5.26 Å². The van der Waals surface area contributed by atoms with Crippen molar-refractivity contribution >= 4 is 11.9 Å². The van der Waals surface area contributed by atoms with Crippen molar-refractivity contribution in [3.8, 4) is 11.8 Å². The molecule has 1 aromatic heterocycles. The van der Waals surface area contributed by atoms with Crippen molar-refractivity contribution in [2.24, 2.45) is 5.92 Å². The summed E-state index contributed by atoms with van der Waals surface area (Å²) in [5, 5.41) is 16.1. The molecule has 0 bridgehead atoms. The van der Waals surface area contributed by atoms with Crippen LogP contribution in [0.2, 0.25) is 0 Å². The lowest BCUT2D eigenvalue weighted by Crippen LogP contribution is -2.34. The van der Waals surface area contributed by atoms with Crippen molar-refractivity contribution in [2.45, 2.75) is 38.8 Å². The first-order valence-corrected chi connectivity index (χ1v) is 8.70. The molecule has 2 atom stereocenters. The van der Waals surface area contributed by atoms with Crippen molar-refractivity contribution < 1.29 is 9.59 Å². The average molecular weight is 349 g/mol. The number of nitriles is 1. The molecule has 1 aromatic carbocycles. The predicted molar refractivity (Wildman–Crippen MR) is 93.3 cm³/mol. The van der Waals surface area contributed by atoms with Gasteiger partial charge in [-0.3, -0.25) is 9.69 Å². The topological polar surface area (TPSA) is 91.0 Å². The van der Waals surface area contributed by atoms with Crippen molar-refractivity contribution in [2.75, 3.05) is 0 Å². The Morgan fingerprint density at radius 2 is 1.96 bits per heavy atom. The minimum atomic E-state index is -0.390. The average Bonchev–Trinajstić information content (AvgIpc) is 3.35. The van der Waals surface area contributed by atoms with Gasteiger partial charge in [0, 0.05) is 11.3 Å². The van der Waals surface area contributed by atoms with Crippen LogP contribution in [0.4, 0.5) is 4.79 Å². The highest BCUT2D eigenvalue weighted by molar-refractivity contribution is 6.05. The molecule has 7 nitrogen and oxygen atoms in total. The number of aromatic nitrogens is 2. The monoisotopic (exact) mass is 349 g/mol. The Kier molecular flexibility index (Phi) is 3.76. The zero-order valence-corrected chi connectivity index (χ0v) is 14.6. The molecule has 26 heavy (non-hydrogen) atoms. The van der Waals surface area contributed by atoms with Gasteiger partial charge in [0.1, 0.15) is 6.04 Å². The van der Waals surface area contributed by atoms with E-state index in [1.165, 1.54) is 4.90 Å². The Hall–Kier alpha value is -3.14. The third-order valence-corrected chi connectivity index (χ3v) is 5.22. The van der Waals surface area contributed by atoms with E-state index in [0.29, 0.717) is 5.56 Å². The Labute approximate surface area is 151 Å². The van der Waals surface area contributed by atoms with Crippen molar-refractivity contribution in [3.63, 3.8) is 0 Å². The fourth-order valence-electron chi connectivity index (χ4n) is 3.54. The Morgan fingerprint density at radius 1 is 1.27 bits per heavy atom. The zero-order chi connectivity index (χ0) is 18.4. The smallest absolute Gasteiger partial charge is 0.325 e. The normalized spacial score (nSPS) is 20.8. The van der Waals surface area contributed by atoms with Crippen LogP contribution in [-0.4, -0.2) is 32.7 Å².